The van der Waals surface area contributed by atoms with Crippen LogP contribution < -0.4 is 5.11 Å². The Morgan fingerprint density at radius 2 is 1.65 bits per heavy atom. The number of ether oxygens (including phenoxy) is 1. The van der Waals surface area contributed by atoms with Gasteiger partial charge >= 0.3 is 5.97 Å². The Labute approximate surface area is 151 Å². The van der Waals surface area contributed by atoms with E-state index in [1.54, 1.807) is 12.1 Å². The third-order valence-electron chi connectivity index (χ3n) is 4.17. The van der Waals surface area contributed by atoms with Crippen LogP contribution in [0.15, 0.2) is 66.7 Å². The number of esters is 1. The van der Waals surface area contributed by atoms with Gasteiger partial charge in [-0.1, -0.05) is 42.5 Å². The van der Waals surface area contributed by atoms with Gasteiger partial charge in [-0.05, 0) is 42.7 Å². The average Bonchev–Trinajstić information content (AvgIpc) is 3.10. The van der Waals surface area contributed by atoms with Crippen LogP contribution in [-0.4, -0.2) is 23.6 Å². The molecule has 3 aromatic rings. The highest BCUT2D eigenvalue weighted by Gasteiger charge is 2.18. The number of benzene rings is 2. The van der Waals surface area contributed by atoms with E-state index in [0.717, 1.165) is 17.0 Å². The third kappa shape index (κ3) is 3.52. The molecular weight excluding hydrogens is 330 g/mol. The molecule has 0 spiro atoms. The smallest absolute Gasteiger partial charge is 0.339 e. The first-order valence-electron chi connectivity index (χ1n) is 8.25. The second-order valence-corrected chi connectivity index (χ2v) is 5.79. The SMILES string of the molecule is COC(=O)c1ccccc1-n1c(CCC(=O)[O-])ccc1-c1ccccc1. The Hall–Kier alpha value is -3.34. The quantitative estimate of drug-likeness (QED) is 0.642. The van der Waals surface area contributed by atoms with Crippen molar-refractivity contribution in [3.05, 3.63) is 78.0 Å². The van der Waals surface area contributed by atoms with Crippen molar-refractivity contribution in [3.8, 4) is 16.9 Å². The normalized spacial score (nSPS) is 10.5. The molecule has 0 aliphatic rings. The van der Waals surface area contributed by atoms with Gasteiger partial charge in [-0.3, -0.25) is 0 Å². The number of aryl methyl sites for hydroxylation is 1. The Bertz CT molecular complexity index is 928. The van der Waals surface area contributed by atoms with Gasteiger partial charge in [-0.25, -0.2) is 4.79 Å². The molecular formula is C21H18NO4-. The van der Waals surface area contributed by atoms with Crippen molar-refractivity contribution in [1.29, 1.82) is 0 Å². The van der Waals surface area contributed by atoms with Gasteiger partial charge < -0.3 is 19.2 Å². The lowest BCUT2D eigenvalue weighted by molar-refractivity contribution is -0.305. The second kappa shape index (κ2) is 7.70. The van der Waals surface area contributed by atoms with Gasteiger partial charge in [0.25, 0.3) is 0 Å². The van der Waals surface area contributed by atoms with Gasteiger partial charge in [0.15, 0.2) is 0 Å². The average molecular weight is 348 g/mol. The molecule has 1 aromatic heterocycles. The van der Waals surface area contributed by atoms with Crippen LogP contribution >= 0.6 is 0 Å². The fourth-order valence-corrected chi connectivity index (χ4v) is 2.97. The third-order valence-corrected chi connectivity index (χ3v) is 4.17. The van der Waals surface area contributed by atoms with E-state index < -0.39 is 11.9 Å². The first-order chi connectivity index (χ1) is 12.6. The van der Waals surface area contributed by atoms with Gasteiger partial charge in [0.05, 0.1) is 24.1 Å². The molecule has 0 fully saturated rings. The lowest BCUT2D eigenvalue weighted by Crippen LogP contribution is -2.23. The Morgan fingerprint density at radius 1 is 0.962 bits per heavy atom. The topological polar surface area (TPSA) is 71.4 Å². The first kappa shape index (κ1) is 17.5. The minimum atomic E-state index is -1.11. The molecule has 0 bridgehead atoms. The molecule has 0 saturated carbocycles. The zero-order valence-electron chi connectivity index (χ0n) is 14.3. The van der Waals surface area contributed by atoms with Gasteiger partial charge in [-0.15, -0.1) is 0 Å². The van der Waals surface area contributed by atoms with Gasteiger partial charge in [0.2, 0.25) is 0 Å². The molecule has 1 heterocycles. The molecule has 0 aliphatic heterocycles. The largest absolute Gasteiger partial charge is 0.550 e. The molecule has 132 valence electrons. The highest BCUT2D eigenvalue weighted by Crippen LogP contribution is 2.29. The lowest BCUT2D eigenvalue weighted by atomic mass is 10.1. The van der Waals surface area contributed by atoms with E-state index >= 15 is 0 Å². The maximum absolute atomic E-state index is 12.2. The summed E-state index contributed by atoms with van der Waals surface area (Å²) in [4.78, 5) is 23.1. The molecule has 0 radical (unpaired) electrons. The van der Waals surface area contributed by atoms with Crippen molar-refractivity contribution in [2.45, 2.75) is 12.8 Å². The highest BCUT2D eigenvalue weighted by atomic mass is 16.5. The molecule has 0 unspecified atom stereocenters. The molecule has 5 nitrogen and oxygen atoms in total. The molecule has 3 rings (SSSR count). The lowest BCUT2D eigenvalue weighted by Gasteiger charge is -2.17. The summed E-state index contributed by atoms with van der Waals surface area (Å²) in [6.45, 7) is 0. The van der Waals surface area contributed by atoms with E-state index in [2.05, 4.69) is 0 Å². The summed E-state index contributed by atoms with van der Waals surface area (Å²) >= 11 is 0. The second-order valence-electron chi connectivity index (χ2n) is 5.79. The molecule has 0 N–H and O–H groups in total. The maximum Gasteiger partial charge on any atom is 0.339 e. The minimum Gasteiger partial charge on any atom is -0.550 e. The minimum absolute atomic E-state index is 0.0986. The van der Waals surface area contributed by atoms with Gasteiger partial charge in [-0.2, -0.15) is 0 Å². The van der Waals surface area contributed by atoms with Crippen molar-refractivity contribution in [1.82, 2.24) is 4.57 Å². The van der Waals surface area contributed by atoms with E-state index in [9.17, 15) is 14.7 Å². The maximum atomic E-state index is 12.2. The standard InChI is InChI=1S/C21H19NO4/c1-26-21(25)17-9-5-6-10-19(17)22-16(12-14-20(23)24)11-13-18(22)15-7-3-2-4-8-15/h2-11,13H,12,14H2,1H3,(H,23,24)/p-1. The fourth-order valence-electron chi connectivity index (χ4n) is 2.97. The van der Waals surface area contributed by atoms with Crippen LogP contribution in [0.2, 0.25) is 0 Å². The fraction of sp³-hybridized carbons (Fsp3) is 0.143. The summed E-state index contributed by atoms with van der Waals surface area (Å²) in [7, 11) is 1.34. The number of carbonyl (C=O) groups excluding carboxylic acids is 2. The molecule has 26 heavy (non-hydrogen) atoms. The summed E-state index contributed by atoms with van der Waals surface area (Å²) in [5.41, 5.74) is 3.68. The van der Waals surface area contributed by atoms with E-state index in [1.165, 1.54) is 7.11 Å². The first-order valence-corrected chi connectivity index (χ1v) is 8.25. The van der Waals surface area contributed by atoms with E-state index in [4.69, 9.17) is 4.74 Å². The van der Waals surface area contributed by atoms with Crippen molar-refractivity contribution >= 4 is 11.9 Å². The van der Waals surface area contributed by atoms with Gasteiger partial charge in [0.1, 0.15) is 0 Å². The number of aromatic nitrogens is 1. The molecule has 0 amide bonds. The molecule has 0 saturated heterocycles. The predicted octanol–water partition coefficient (Wildman–Crippen LogP) is 2.61. The number of para-hydroxylation sites is 1. The van der Waals surface area contributed by atoms with Crippen LogP contribution in [0.1, 0.15) is 22.5 Å². The van der Waals surface area contributed by atoms with Crippen molar-refractivity contribution in [2.75, 3.05) is 7.11 Å². The Morgan fingerprint density at radius 3 is 2.35 bits per heavy atom. The van der Waals surface area contributed by atoms with Crippen molar-refractivity contribution in [2.24, 2.45) is 0 Å². The number of hydrogen-bond acceptors (Lipinski definition) is 4. The zero-order valence-corrected chi connectivity index (χ0v) is 14.3. The monoisotopic (exact) mass is 348 g/mol. The summed E-state index contributed by atoms with van der Waals surface area (Å²) in [6.07, 6.45) is 0.198. The number of aliphatic carboxylic acids is 1. The Balaban J connectivity index is 2.20. The molecule has 0 aliphatic carbocycles. The van der Waals surface area contributed by atoms with Gasteiger partial charge in [0, 0.05) is 11.7 Å². The van der Waals surface area contributed by atoms with Crippen LogP contribution in [0.3, 0.4) is 0 Å². The summed E-state index contributed by atoms with van der Waals surface area (Å²) in [5.74, 6) is -1.56. The number of carboxylic acid groups (broad SMARTS) is 1. The van der Waals surface area contributed by atoms with Crippen LogP contribution in [0.25, 0.3) is 16.9 Å². The van der Waals surface area contributed by atoms with E-state index in [-0.39, 0.29) is 6.42 Å². The number of nitrogens with zero attached hydrogens (tertiary/aromatic N) is 1. The molecule has 2 aromatic carbocycles. The Kier molecular flexibility index (Phi) is 5.17. The summed E-state index contributed by atoms with van der Waals surface area (Å²) < 4.78 is 6.81. The van der Waals surface area contributed by atoms with Crippen LogP contribution in [0.5, 0.6) is 0 Å². The highest BCUT2D eigenvalue weighted by molar-refractivity contribution is 5.94. The molecule has 5 heteroatoms. The number of carbonyl (C=O) groups is 2. The number of methoxy groups -OCH3 is 1. The number of carboxylic acids is 1. The predicted molar refractivity (Wildman–Crippen MR) is 95.9 cm³/mol. The number of hydrogen-bond donors (Lipinski definition) is 0. The molecule has 0 atom stereocenters. The summed E-state index contributed by atoms with van der Waals surface area (Å²) in [5, 5.41) is 10.9. The summed E-state index contributed by atoms with van der Waals surface area (Å²) in [6, 6.07) is 20.6. The van der Waals surface area contributed by atoms with Crippen molar-refractivity contribution < 1.29 is 19.4 Å². The van der Waals surface area contributed by atoms with Crippen LogP contribution in [0.4, 0.5) is 0 Å². The van der Waals surface area contributed by atoms with Crippen LogP contribution in [-0.2, 0) is 16.0 Å². The van der Waals surface area contributed by atoms with E-state index in [1.807, 2.05) is 59.2 Å². The van der Waals surface area contributed by atoms with Crippen molar-refractivity contribution in [3.63, 3.8) is 0 Å². The number of rotatable bonds is 6. The van der Waals surface area contributed by atoms with Crippen LogP contribution in [0, 0.1) is 0 Å². The zero-order chi connectivity index (χ0) is 18.5. The van der Waals surface area contributed by atoms with E-state index in [0.29, 0.717) is 17.7 Å².